The lowest BCUT2D eigenvalue weighted by atomic mass is 9.99. The molecule has 0 bridgehead atoms. The lowest BCUT2D eigenvalue weighted by Crippen LogP contribution is -2.13. The summed E-state index contributed by atoms with van der Waals surface area (Å²) in [5.74, 6) is 0. The number of hydrogen-bond acceptors (Lipinski definition) is 3. The number of nitrogens with zero attached hydrogens (tertiary/aromatic N) is 3. The van der Waals surface area contributed by atoms with Gasteiger partial charge < -0.3 is 5.73 Å². The van der Waals surface area contributed by atoms with Gasteiger partial charge in [-0.2, -0.15) is 0 Å². The lowest BCUT2D eigenvalue weighted by molar-refractivity contribution is 0.607. The van der Waals surface area contributed by atoms with Crippen LogP contribution in [0.1, 0.15) is 25.0 Å². The van der Waals surface area contributed by atoms with Crippen molar-refractivity contribution in [3.63, 3.8) is 0 Å². The highest BCUT2D eigenvalue weighted by Gasteiger charge is 2.45. The standard InChI is InChI=1S/C13H16N4/c14-9-8-13(6-7-13)12-10-17(16-15-12)11-4-2-1-3-5-11/h1-5,10H,6-9,14H2. The second-order valence-electron chi connectivity index (χ2n) is 4.70. The van der Waals surface area contributed by atoms with Crippen molar-refractivity contribution in [1.82, 2.24) is 15.0 Å². The summed E-state index contributed by atoms with van der Waals surface area (Å²) >= 11 is 0. The highest BCUT2D eigenvalue weighted by molar-refractivity contribution is 5.32. The molecule has 4 heteroatoms. The summed E-state index contributed by atoms with van der Waals surface area (Å²) in [6.07, 6.45) is 5.44. The van der Waals surface area contributed by atoms with Crippen molar-refractivity contribution in [1.29, 1.82) is 0 Å². The molecule has 88 valence electrons. The molecule has 0 amide bonds. The van der Waals surface area contributed by atoms with Crippen molar-refractivity contribution in [2.24, 2.45) is 5.73 Å². The Bertz CT molecular complexity index is 499. The maximum atomic E-state index is 5.65. The van der Waals surface area contributed by atoms with Gasteiger partial charge in [-0.3, -0.25) is 0 Å². The van der Waals surface area contributed by atoms with Gasteiger partial charge in [-0.05, 0) is 37.9 Å². The first kappa shape index (κ1) is 10.5. The molecular formula is C13H16N4. The Labute approximate surface area is 100 Å². The van der Waals surface area contributed by atoms with Gasteiger partial charge in [0.25, 0.3) is 0 Å². The maximum absolute atomic E-state index is 5.65. The summed E-state index contributed by atoms with van der Waals surface area (Å²) in [5.41, 5.74) is 8.02. The molecule has 1 aliphatic rings. The number of nitrogens with two attached hydrogens (primary N) is 1. The van der Waals surface area contributed by atoms with E-state index in [4.69, 9.17) is 5.73 Å². The monoisotopic (exact) mass is 228 g/mol. The highest BCUT2D eigenvalue weighted by Crippen LogP contribution is 2.49. The molecule has 0 radical (unpaired) electrons. The second-order valence-corrected chi connectivity index (χ2v) is 4.70. The molecule has 0 spiro atoms. The van der Waals surface area contributed by atoms with E-state index in [1.165, 1.54) is 12.8 Å². The van der Waals surface area contributed by atoms with Crippen LogP contribution in [0.5, 0.6) is 0 Å². The Kier molecular flexibility index (Phi) is 2.44. The van der Waals surface area contributed by atoms with Gasteiger partial charge in [-0.1, -0.05) is 23.4 Å². The zero-order chi connectivity index (χ0) is 11.7. The van der Waals surface area contributed by atoms with Crippen LogP contribution in [0.4, 0.5) is 0 Å². The van der Waals surface area contributed by atoms with Crippen LogP contribution in [-0.4, -0.2) is 21.5 Å². The fourth-order valence-corrected chi connectivity index (χ4v) is 2.28. The van der Waals surface area contributed by atoms with Gasteiger partial charge in [0.15, 0.2) is 0 Å². The zero-order valence-corrected chi connectivity index (χ0v) is 9.71. The molecule has 1 aromatic carbocycles. The predicted molar refractivity (Wildman–Crippen MR) is 65.9 cm³/mol. The molecular weight excluding hydrogens is 212 g/mol. The molecule has 0 unspecified atom stereocenters. The van der Waals surface area contributed by atoms with Crippen LogP contribution in [0.3, 0.4) is 0 Å². The molecule has 1 aliphatic carbocycles. The fourth-order valence-electron chi connectivity index (χ4n) is 2.28. The number of hydrogen-bond donors (Lipinski definition) is 1. The third-order valence-corrected chi connectivity index (χ3v) is 3.53. The molecule has 1 fully saturated rings. The number of para-hydroxylation sites is 1. The van der Waals surface area contributed by atoms with Crippen molar-refractivity contribution in [2.45, 2.75) is 24.7 Å². The Hall–Kier alpha value is -1.68. The summed E-state index contributed by atoms with van der Waals surface area (Å²) in [6, 6.07) is 10.1. The highest BCUT2D eigenvalue weighted by atomic mass is 15.4. The molecule has 3 rings (SSSR count). The first-order valence-corrected chi connectivity index (χ1v) is 6.02. The summed E-state index contributed by atoms with van der Waals surface area (Å²) < 4.78 is 1.84. The Balaban J connectivity index is 1.89. The van der Waals surface area contributed by atoms with E-state index in [2.05, 4.69) is 10.3 Å². The fraction of sp³-hybridized carbons (Fsp3) is 0.385. The summed E-state index contributed by atoms with van der Waals surface area (Å²) in [5, 5.41) is 8.50. The van der Waals surface area contributed by atoms with Crippen molar-refractivity contribution in [2.75, 3.05) is 6.54 Å². The minimum Gasteiger partial charge on any atom is -0.330 e. The Morgan fingerprint density at radius 1 is 1.24 bits per heavy atom. The van der Waals surface area contributed by atoms with Gasteiger partial charge in [-0.15, -0.1) is 5.10 Å². The largest absolute Gasteiger partial charge is 0.330 e. The first-order chi connectivity index (χ1) is 8.34. The van der Waals surface area contributed by atoms with Gasteiger partial charge >= 0.3 is 0 Å². The molecule has 1 aromatic heterocycles. The molecule has 2 aromatic rings. The minimum atomic E-state index is 0.224. The third-order valence-electron chi connectivity index (χ3n) is 3.53. The van der Waals surface area contributed by atoms with E-state index in [1.807, 2.05) is 41.2 Å². The average molecular weight is 228 g/mol. The topological polar surface area (TPSA) is 56.7 Å². The molecule has 0 aliphatic heterocycles. The molecule has 17 heavy (non-hydrogen) atoms. The third kappa shape index (κ3) is 1.85. The van der Waals surface area contributed by atoms with E-state index in [0.717, 1.165) is 24.3 Å². The summed E-state index contributed by atoms with van der Waals surface area (Å²) in [6.45, 7) is 0.720. The first-order valence-electron chi connectivity index (χ1n) is 6.02. The van der Waals surface area contributed by atoms with Crippen LogP contribution in [0.25, 0.3) is 5.69 Å². The minimum absolute atomic E-state index is 0.224. The van der Waals surface area contributed by atoms with Gasteiger partial charge in [0.05, 0.1) is 17.6 Å². The summed E-state index contributed by atoms with van der Waals surface area (Å²) in [4.78, 5) is 0. The van der Waals surface area contributed by atoms with E-state index in [1.54, 1.807) is 0 Å². The van der Waals surface area contributed by atoms with Crippen molar-refractivity contribution in [3.05, 3.63) is 42.2 Å². The zero-order valence-electron chi connectivity index (χ0n) is 9.71. The van der Waals surface area contributed by atoms with Crippen LogP contribution in [-0.2, 0) is 5.41 Å². The molecule has 2 N–H and O–H groups in total. The molecule has 1 saturated carbocycles. The van der Waals surface area contributed by atoms with Crippen LogP contribution in [0, 0.1) is 0 Å². The van der Waals surface area contributed by atoms with E-state index in [9.17, 15) is 0 Å². The molecule has 1 heterocycles. The predicted octanol–water partition coefficient (Wildman–Crippen LogP) is 1.65. The maximum Gasteiger partial charge on any atom is 0.0893 e. The molecule has 0 atom stereocenters. The normalized spacial score (nSPS) is 17.0. The quantitative estimate of drug-likeness (QED) is 0.865. The van der Waals surface area contributed by atoms with Crippen molar-refractivity contribution < 1.29 is 0 Å². The SMILES string of the molecule is NCCC1(c2cn(-c3ccccc3)nn2)CC1. The molecule has 0 saturated heterocycles. The van der Waals surface area contributed by atoms with E-state index < -0.39 is 0 Å². The van der Waals surface area contributed by atoms with Gasteiger partial charge in [0.2, 0.25) is 0 Å². The van der Waals surface area contributed by atoms with Crippen LogP contribution in [0.2, 0.25) is 0 Å². The number of rotatable bonds is 4. The smallest absolute Gasteiger partial charge is 0.0893 e. The van der Waals surface area contributed by atoms with Gasteiger partial charge in [0.1, 0.15) is 0 Å². The summed E-state index contributed by atoms with van der Waals surface area (Å²) in [7, 11) is 0. The van der Waals surface area contributed by atoms with Gasteiger partial charge in [0, 0.05) is 5.41 Å². The Morgan fingerprint density at radius 3 is 2.65 bits per heavy atom. The second kappa shape index (κ2) is 3.96. The van der Waals surface area contributed by atoms with Crippen LogP contribution in [0.15, 0.2) is 36.5 Å². The van der Waals surface area contributed by atoms with E-state index in [-0.39, 0.29) is 5.41 Å². The van der Waals surface area contributed by atoms with Crippen LogP contribution < -0.4 is 5.73 Å². The average Bonchev–Trinajstić information content (AvgIpc) is 2.98. The van der Waals surface area contributed by atoms with E-state index >= 15 is 0 Å². The Morgan fingerprint density at radius 2 is 2.00 bits per heavy atom. The number of benzene rings is 1. The number of aromatic nitrogens is 3. The van der Waals surface area contributed by atoms with Crippen LogP contribution >= 0.6 is 0 Å². The molecule has 4 nitrogen and oxygen atoms in total. The van der Waals surface area contributed by atoms with Crippen molar-refractivity contribution in [3.8, 4) is 5.69 Å². The van der Waals surface area contributed by atoms with Gasteiger partial charge in [-0.25, -0.2) is 4.68 Å². The lowest BCUT2D eigenvalue weighted by Gasteiger charge is -2.08. The van der Waals surface area contributed by atoms with E-state index in [0.29, 0.717) is 0 Å². The van der Waals surface area contributed by atoms with Crippen molar-refractivity contribution >= 4 is 0 Å².